The monoisotopic (exact) mass is 464 g/mol. The minimum atomic E-state index is -0.485. The number of aryl methyl sites for hydroxylation is 2. The van der Waals surface area contributed by atoms with Crippen molar-refractivity contribution in [2.75, 3.05) is 11.9 Å². The first kappa shape index (κ1) is 20.9. The minimum Gasteiger partial charge on any atom is -0.483 e. The van der Waals surface area contributed by atoms with Crippen LogP contribution in [0.2, 0.25) is 0 Å². The van der Waals surface area contributed by atoms with Gasteiger partial charge in [0.15, 0.2) is 6.61 Å². The molecule has 1 aliphatic rings. The fourth-order valence-corrected chi connectivity index (χ4v) is 5.14. The average Bonchev–Trinajstić information content (AvgIpc) is 3.00. The zero-order valence-corrected chi connectivity index (χ0v) is 18.8. The lowest BCUT2D eigenvalue weighted by molar-refractivity contribution is -0.118. The van der Waals surface area contributed by atoms with E-state index in [0.29, 0.717) is 16.3 Å². The number of nitrogens with two attached hydrogens (primary N) is 1. The SMILES string of the molecule is Cc1cc(OCC(=O)Nc2sc3c(c2C(N)=O)CCCC3)c(C(C)C)cc1Br. The third-order valence-corrected chi connectivity index (χ3v) is 7.00. The Labute approximate surface area is 177 Å². The Hall–Kier alpha value is -1.86. The van der Waals surface area contributed by atoms with Gasteiger partial charge < -0.3 is 15.8 Å². The van der Waals surface area contributed by atoms with Crippen LogP contribution in [0.25, 0.3) is 0 Å². The van der Waals surface area contributed by atoms with Crippen molar-refractivity contribution < 1.29 is 14.3 Å². The Morgan fingerprint density at radius 1 is 1.29 bits per heavy atom. The van der Waals surface area contributed by atoms with Crippen LogP contribution in [-0.2, 0) is 17.6 Å². The lowest BCUT2D eigenvalue weighted by Crippen LogP contribution is -2.23. The van der Waals surface area contributed by atoms with Crippen LogP contribution in [-0.4, -0.2) is 18.4 Å². The largest absolute Gasteiger partial charge is 0.483 e. The first-order valence-electron chi connectivity index (χ1n) is 9.45. The van der Waals surface area contributed by atoms with Crippen LogP contribution < -0.4 is 15.8 Å². The molecule has 1 aromatic heterocycles. The molecule has 3 N–H and O–H groups in total. The van der Waals surface area contributed by atoms with Gasteiger partial charge in [0.1, 0.15) is 10.8 Å². The summed E-state index contributed by atoms with van der Waals surface area (Å²) in [7, 11) is 0. The molecule has 1 aliphatic carbocycles. The molecule has 0 saturated heterocycles. The fraction of sp³-hybridized carbons (Fsp3) is 0.429. The van der Waals surface area contributed by atoms with Gasteiger partial charge in [-0.05, 0) is 67.3 Å². The maximum absolute atomic E-state index is 12.5. The molecular weight excluding hydrogens is 440 g/mol. The van der Waals surface area contributed by atoms with Crippen molar-refractivity contribution in [2.45, 2.75) is 52.4 Å². The standard InChI is InChI=1S/C21H25BrN2O3S/c1-11(2)14-9-15(22)12(3)8-16(14)27-10-18(25)24-21-19(20(23)26)13-6-4-5-7-17(13)28-21/h8-9,11H,4-7,10H2,1-3H3,(H2,23,26)(H,24,25). The Balaban J connectivity index is 1.75. The number of thiophene rings is 1. The number of halogens is 1. The summed E-state index contributed by atoms with van der Waals surface area (Å²) in [5.41, 5.74) is 9.14. The molecule has 0 bridgehead atoms. The lowest BCUT2D eigenvalue weighted by atomic mass is 9.95. The Bertz CT molecular complexity index is 921. The van der Waals surface area contributed by atoms with E-state index in [1.165, 1.54) is 11.3 Å². The summed E-state index contributed by atoms with van der Waals surface area (Å²) >= 11 is 5.00. The molecule has 0 atom stereocenters. The van der Waals surface area contributed by atoms with Gasteiger partial charge in [-0.1, -0.05) is 29.8 Å². The quantitative estimate of drug-likeness (QED) is 0.634. The molecule has 1 heterocycles. The summed E-state index contributed by atoms with van der Waals surface area (Å²) in [6, 6.07) is 3.97. The summed E-state index contributed by atoms with van der Waals surface area (Å²) < 4.78 is 6.84. The van der Waals surface area contributed by atoms with Gasteiger partial charge in [0, 0.05) is 9.35 Å². The predicted octanol–water partition coefficient (Wildman–Crippen LogP) is 4.94. The zero-order valence-electron chi connectivity index (χ0n) is 16.4. The molecule has 0 aliphatic heterocycles. The molecule has 0 fully saturated rings. The van der Waals surface area contributed by atoms with Crippen LogP contribution in [0.5, 0.6) is 5.75 Å². The molecule has 28 heavy (non-hydrogen) atoms. The van der Waals surface area contributed by atoms with Crippen molar-refractivity contribution in [1.82, 2.24) is 0 Å². The van der Waals surface area contributed by atoms with Crippen LogP contribution in [0, 0.1) is 6.92 Å². The summed E-state index contributed by atoms with van der Waals surface area (Å²) in [5, 5.41) is 3.38. The van der Waals surface area contributed by atoms with Crippen LogP contribution in [0.4, 0.5) is 5.00 Å². The number of hydrogen-bond acceptors (Lipinski definition) is 4. The molecule has 150 valence electrons. The first-order valence-corrected chi connectivity index (χ1v) is 11.1. The third-order valence-electron chi connectivity index (χ3n) is 4.94. The van der Waals surface area contributed by atoms with Gasteiger partial charge >= 0.3 is 0 Å². The number of amides is 2. The molecule has 5 nitrogen and oxygen atoms in total. The number of hydrogen-bond donors (Lipinski definition) is 2. The summed E-state index contributed by atoms with van der Waals surface area (Å²) in [6.45, 7) is 6.02. The van der Waals surface area contributed by atoms with Gasteiger partial charge in [-0.25, -0.2) is 0 Å². The van der Waals surface area contributed by atoms with Gasteiger partial charge in [-0.2, -0.15) is 0 Å². The first-order chi connectivity index (χ1) is 13.3. The van der Waals surface area contributed by atoms with Gasteiger partial charge in [0.25, 0.3) is 11.8 Å². The molecule has 0 saturated carbocycles. The second-order valence-corrected chi connectivity index (χ2v) is 9.37. The maximum atomic E-state index is 12.5. The number of primary amides is 1. The number of ether oxygens (including phenoxy) is 1. The van der Waals surface area contributed by atoms with Crippen molar-refractivity contribution in [3.63, 3.8) is 0 Å². The summed E-state index contributed by atoms with van der Waals surface area (Å²) in [5.74, 6) is 0.185. The topological polar surface area (TPSA) is 81.4 Å². The normalized spacial score (nSPS) is 13.3. The molecule has 2 aromatic rings. The second kappa shape index (κ2) is 8.66. The number of benzene rings is 1. The highest BCUT2D eigenvalue weighted by atomic mass is 79.9. The van der Waals surface area contributed by atoms with E-state index in [0.717, 1.165) is 51.7 Å². The molecular formula is C21H25BrN2O3S. The van der Waals surface area contributed by atoms with Crippen LogP contribution >= 0.6 is 27.3 Å². The average molecular weight is 465 g/mol. The number of anilines is 1. The van der Waals surface area contributed by atoms with E-state index < -0.39 is 5.91 Å². The van der Waals surface area contributed by atoms with E-state index in [2.05, 4.69) is 35.1 Å². The van der Waals surface area contributed by atoms with Gasteiger partial charge in [-0.3, -0.25) is 9.59 Å². The molecule has 0 radical (unpaired) electrons. The van der Waals surface area contributed by atoms with Crippen molar-refractivity contribution >= 4 is 44.1 Å². The van der Waals surface area contributed by atoms with Crippen LogP contribution in [0.1, 0.15) is 64.5 Å². The number of rotatable bonds is 6. The van der Waals surface area contributed by atoms with E-state index in [1.807, 2.05) is 19.1 Å². The van der Waals surface area contributed by atoms with Crippen LogP contribution in [0.3, 0.4) is 0 Å². The maximum Gasteiger partial charge on any atom is 0.262 e. The number of nitrogens with one attached hydrogen (secondary N) is 1. The van der Waals surface area contributed by atoms with E-state index in [9.17, 15) is 9.59 Å². The molecule has 2 amide bonds. The van der Waals surface area contributed by atoms with Crippen LogP contribution in [0.15, 0.2) is 16.6 Å². The second-order valence-electron chi connectivity index (χ2n) is 7.41. The minimum absolute atomic E-state index is 0.123. The zero-order chi connectivity index (χ0) is 20.4. The van der Waals surface area contributed by atoms with Gasteiger partial charge in [-0.15, -0.1) is 11.3 Å². The van der Waals surface area contributed by atoms with E-state index in [-0.39, 0.29) is 18.4 Å². The predicted molar refractivity (Wildman–Crippen MR) is 117 cm³/mol. The van der Waals surface area contributed by atoms with Crippen molar-refractivity contribution in [3.05, 3.63) is 43.7 Å². The summed E-state index contributed by atoms with van der Waals surface area (Å²) in [6.07, 6.45) is 3.92. The molecule has 7 heteroatoms. The Kier molecular flexibility index (Phi) is 6.45. The highest BCUT2D eigenvalue weighted by molar-refractivity contribution is 9.10. The lowest BCUT2D eigenvalue weighted by Gasteiger charge is -2.16. The van der Waals surface area contributed by atoms with E-state index >= 15 is 0 Å². The van der Waals surface area contributed by atoms with Crippen molar-refractivity contribution in [1.29, 1.82) is 0 Å². The van der Waals surface area contributed by atoms with Gasteiger partial charge in [0.2, 0.25) is 0 Å². The number of carbonyl (C=O) groups excluding carboxylic acids is 2. The summed E-state index contributed by atoms with van der Waals surface area (Å²) in [4.78, 5) is 25.6. The third kappa shape index (κ3) is 4.41. The molecule has 0 spiro atoms. The highest BCUT2D eigenvalue weighted by Crippen LogP contribution is 2.38. The van der Waals surface area contributed by atoms with Crippen molar-refractivity contribution in [3.8, 4) is 5.75 Å². The molecule has 0 unspecified atom stereocenters. The number of fused-ring (bicyclic) bond motifs is 1. The smallest absolute Gasteiger partial charge is 0.262 e. The Morgan fingerprint density at radius 3 is 2.68 bits per heavy atom. The Morgan fingerprint density at radius 2 is 2.00 bits per heavy atom. The van der Waals surface area contributed by atoms with Crippen molar-refractivity contribution in [2.24, 2.45) is 5.73 Å². The highest BCUT2D eigenvalue weighted by Gasteiger charge is 2.25. The fourth-order valence-electron chi connectivity index (χ4n) is 3.47. The molecule has 3 rings (SSSR count). The number of carbonyl (C=O) groups is 2. The van der Waals surface area contributed by atoms with E-state index in [4.69, 9.17) is 10.5 Å². The van der Waals surface area contributed by atoms with E-state index in [1.54, 1.807) is 0 Å². The van der Waals surface area contributed by atoms with Gasteiger partial charge in [0.05, 0.1) is 5.56 Å². The molecule has 1 aromatic carbocycles.